The minimum atomic E-state index is -5.08. The summed E-state index contributed by atoms with van der Waals surface area (Å²) in [5.74, 6) is -2.46. The van der Waals surface area contributed by atoms with Crippen LogP contribution < -0.4 is 5.32 Å². The second-order valence-electron chi connectivity index (χ2n) is 8.56. The maximum absolute atomic E-state index is 13.2. The SMILES string of the molecule is CN(C)C1CNCC(C(=O)N2CCc3[nH]nc(-c4ccc(Cl)cc4)c3C2)C1.O=C(O)C(F)(F)F. The number of fused-ring (bicyclic) bond motifs is 1. The molecular weight excluding hydrogens is 475 g/mol. The summed E-state index contributed by atoms with van der Waals surface area (Å²) in [6, 6.07) is 8.11. The number of aromatic nitrogens is 2. The molecule has 0 radical (unpaired) electrons. The van der Waals surface area contributed by atoms with Crippen LogP contribution in [0.1, 0.15) is 17.7 Å². The van der Waals surface area contributed by atoms with Crippen LogP contribution in [0.2, 0.25) is 5.02 Å². The molecule has 3 N–H and O–H groups in total. The topological polar surface area (TPSA) is 102 Å². The van der Waals surface area contributed by atoms with Crippen molar-refractivity contribution in [3.8, 4) is 11.3 Å². The van der Waals surface area contributed by atoms with Crippen molar-refractivity contribution < 1.29 is 27.9 Å². The zero-order valence-corrected chi connectivity index (χ0v) is 19.6. The summed E-state index contributed by atoms with van der Waals surface area (Å²) in [6.45, 7) is 3.08. The molecule has 2 aliphatic rings. The fourth-order valence-electron chi connectivity index (χ4n) is 4.09. The lowest BCUT2D eigenvalue weighted by atomic mass is 9.92. The quantitative estimate of drug-likeness (QED) is 0.598. The van der Waals surface area contributed by atoms with Crippen molar-refractivity contribution in [1.82, 2.24) is 25.3 Å². The van der Waals surface area contributed by atoms with Crippen LogP contribution in [0.3, 0.4) is 0 Å². The van der Waals surface area contributed by atoms with E-state index in [4.69, 9.17) is 21.5 Å². The molecule has 34 heavy (non-hydrogen) atoms. The molecule has 1 saturated heterocycles. The van der Waals surface area contributed by atoms with Crippen molar-refractivity contribution >= 4 is 23.5 Å². The summed E-state index contributed by atoms with van der Waals surface area (Å²) < 4.78 is 31.7. The fourth-order valence-corrected chi connectivity index (χ4v) is 4.21. The third-order valence-corrected chi connectivity index (χ3v) is 6.26. The third kappa shape index (κ3) is 6.28. The third-order valence-electron chi connectivity index (χ3n) is 6.01. The fraction of sp³-hybridized carbons (Fsp3) is 0.500. The van der Waals surface area contributed by atoms with Gasteiger partial charge in [0.1, 0.15) is 0 Å². The predicted octanol–water partition coefficient (Wildman–Crippen LogP) is 2.79. The highest BCUT2D eigenvalue weighted by Gasteiger charge is 2.38. The summed E-state index contributed by atoms with van der Waals surface area (Å²) in [4.78, 5) is 26.3. The molecule has 12 heteroatoms. The highest BCUT2D eigenvalue weighted by atomic mass is 35.5. The Labute approximate surface area is 200 Å². The van der Waals surface area contributed by atoms with Gasteiger partial charge in [-0.2, -0.15) is 18.3 Å². The molecule has 0 aliphatic carbocycles. The standard InChI is InChI=1S/C20H26ClN5O.C2HF3O2/c1-25(2)16-9-14(10-22-11-16)20(27)26-8-7-18-17(12-26)19(24-23-18)13-3-5-15(21)6-4-13;3-2(4,5)1(6)7/h3-6,14,16,22H,7-12H2,1-2H3,(H,23,24);(H,6,7). The Morgan fingerprint density at radius 3 is 2.44 bits per heavy atom. The Hall–Kier alpha value is -2.63. The Morgan fingerprint density at radius 1 is 1.21 bits per heavy atom. The summed E-state index contributed by atoms with van der Waals surface area (Å²) in [7, 11) is 4.16. The number of benzene rings is 1. The molecule has 1 amide bonds. The van der Waals surface area contributed by atoms with Gasteiger partial charge in [0.05, 0.1) is 11.6 Å². The molecule has 2 atom stereocenters. The van der Waals surface area contributed by atoms with Crippen LogP contribution in [0.25, 0.3) is 11.3 Å². The first kappa shape index (κ1) is 26.0. The van der Waals surface area contributed by atoms with Crippen LogP contribution in [0, 0.1) is 5.92 Å². The Morgan fingerprint density at radius 2 is 1.85 bits per heavy atom. The minimum Gasteiger partial charge on any atom is -0.475 e. The number of carbonyl (C=O) groups is 2. The van der Waals surface area contributed by atoms with Crippen LogP contribution in [-0.4, -0.2) is 82.9 Å². The van der Waals surface area contributed by atoms with Gasteiger partial charge < -0.3 is 20.2 Å². The lowest BCUT2D eigenvalue weighted by Crippen LogP contribution is -2.51. The van der Waals surface area contributed by atoms with E-state index in [2.05, 4.69) is 34.5 Å². The Balaban J connectivity index is 0.000000406. The average molecular weight is 502 g/mol. The maximum atomic E-state index is 13.2. The van der Waals surface area contributed by atoms with Crippen molar-refractivity contribution in [1.29, 1.82) is 0 Å². The second-order valence-corrected chi connectivity index (χ2v) is 8.99. The molecule has 0 bridgehead atoms. The molecule has 4 rings (SSSR count). The number of likely N-dealkylation sites (N-methyl/N-ethyl adjacent to an activating group) is 1. The molecule has 1 fully saturated rings. The summed E-state index contributed by atoms with van der Waals surface area (Å²) in [5.41, 5.74) is 4.21. The minimum absolute atomic E-state index is 0.0404. The number of alkyl halides is 3. The van der Waals surface area contributed by atoms with E-state index in [0.29, 0.717) is 17.6 Å². The molecule has 2 unspecified atom stereocenters. The number of rotatable bonds is 3. The maximum Gasteiger partial charge on any atom is 0.490 e. The monoisotopic (exact) mass is 501 g/mol. The molecule has 8 nitrogen and oxygen atoms in total. The van der Waals surface area contributed by atoms with Gasteiger partial charge in [0.15, 0.2) is 0 Å². The van der Waals surface area contributed by atoms with Crippen molar-refractivity contribution in [2.75, 3.05) is 33.7 Å². The first-order valence-corrected chi connectivity index (χ1v) is 11.1. The lowest BCUT2D eigenvalue weighted by molar-refractivity contribution is -0.192. The normalized spacial score (nSPS) is 20.4. The van der Waals surface area contributed by atoms with Crippen molar-refractivity contribution in [3.63, 3.8) is 0 Å². The number of aliphatic carboxylic acids is 1. The van der Waals surface area contributed by atoms with Gasteiger partial charge in [-0.25, -0.2) is 4.79 Å². The van der Waals surface area contributed by atoms with Crippen LogP contribution >= 0.6 is 11.6 Å². The molecule has 1 aromatic carbocycles. The van der Waals surface area contributed by atoms with Gasteiger partial charge >= 0.3 is 12.1 Å². The highest BCUT2D eigenvalue weighted by molar-refractivity contribution is 6.30. The van der Waals surface area contributed by atoms with Gasteiger partial charge in [0.2, 0.25) is 5.91 Å². The molecule has 3 heterocycles. The summed E-state index contributed by atoms with van der Waals surface area (Å²) in [5, 5.41) is 18.9. The van der Waals surface area contributed by atoms with E-state index in [1.807, 2.05) is 29.2 Å². The zero-order valence-electron chi connectivity index (χ0n) is 18.8. The average Bonchev–Trinajstić information content (AvgIpc) is 3.22. The van der Waals surface area contributed by atoms with Crippen molar-refractivity contribution in [2.24, 2.45) is 5.92 Å². The number of halogens is 4. The summed E-state index contributed by atoms with van der Waals surface area (Å²) >= 11 is 6.01. The first-order valence-electron chi connectivity index (χ1n) is 10.8. The number of carboxylic acid groups (broad SMARTS) is 1. The zero-order chi connectivity index (χ0) is 25.0. The van der Waals surface area contributed by atoms with E-state index in [9.17, 15) is 18.0 Å². The molecular formula is C22H27ClF3N5O3. The molecule has 2 aromatic rings. The number of H-pyrrole nitrogens is 1. The Kier molecular flexibility index (Phi) is 8.21. The predicted molar refractivity (Wildman–Crippen MR) is 120 cm³/mol. The van der Waals surface area contributed by atoms with Crippen LogP contribution in [0.5, 0.6) is 0 Å². The van der Waals surface area contributed by atoms with E-state index in [1.54, 1.807) is 0 Å². The van der Waals surface area contributed by atoms with Gasteiger partial charge in [-0.05, 0) is 32.6 Å². The van der Waals surface area contributed by atoms with E-state index in [-0.39, 0.29) is 11.8 Å². The van der Waals surface area contributed by atoms with Crippen molar-refractivity contribution in [3.05, 3.63) is 40.5 Å². The van der Waals surface area contributed by atoms with Gasteiger partial charge in [-0.1, -0.05) is 23.7 Å². The molecule has 186 valence electrons. The van der Waals surface area contributed by atoms with Crippen LogP contribution in [0.15, 0.2) is 24.3 Å². The number of nitrogens with zero attached hydrogens (tertiary/aromatic N) is 3. The van der Waals surface area contributed by atoms with Gasteiger partial charge in [0, 0.05) is 60.5 Å². The van der Waals surface area contributed by atoms with Crippen LogP contribution in [-0.2, 0) is 22.6 Å². The summed E-state index contributed by atoms with van der Waals surface area (Å²) in [6.07, 6.45) is -3.35. The molecule has 1 aromatic heterocycles. The number of carboxylic acids is 1. The second kappa shape index (κ2) is 10.7. The van der Waals surface area contributed by atoms with Crippen molar-refractivity contribution in [2.45, 2.75) is 31.6 Å². The van der Waals surface area contributed by atoms with E-state index < -0.39 is 12.1 Å². The number of aromatic amines is 1. The van der Waals surface area contributed by atoms with Gasteiger partial charge in [-0.15, -0.1) is 0 Å². The Bertz CT molecular complexity index is 1010. The van der Waals surface area contributed by atoms with Gasteiger partial charge in [-0.3, -0.25) is 9.89 Å². The lowest BCUT2D eigenvalue weighted by Gasteiger charge is -2.37. The smallest absolute Gasteiger partial charge is 0.475 e. The largest absolute Gasteiger partial charge is 0.490 e. The number of hydrogen-bond donors (Lipinski definition) is 3. The van der Waals surface area contributed by atoms with E-state index in [1.165, 1.54) is 0 Å². The van der Waals surface area contributed by atoms with E-state index in [0.717, 1.165) is 55.0 Å². The first-order chi connectivity index (χ1) is 16.0. The van der Waals surface area contributed by atoms with E-state index >= 15 is 0 Å². The number of piperidine rings is 1. The number of hydrogen-bond acceptors (Lipinski definition) is 5. The van der Waals surface area contributed by atoms with Gasteiger partial charge in [0.25, 0.3) is 0 Å². The molecule has 0 spiro atoms. The highest BCUT2D eigenvalue weighted by Crippen LogP contribution is 2.30. The molecule has 2 aliphatic heterocycles. The number of nitrogens with one attached hydrogen (secondary N) is 2. The molecule has 0 saturated carbocycles. The van der Waals surface area contributed by atoms with Crippen LogP contribution in [0.4, 0.5) is 13.2 Å². The number of amides is 1. The number of carbonyl (C=O) groups excluding carboxylic acids is 1.